The molecule has 3 N–H and O–H groups in total. The lowest BCUT2D eigenvalue weighted by molar-refractivity contribution is -0.146. The Hall–Kier alpha value is -2.32. The number of carboxylic acid groups (broad SMARTS) is 2. The Labute approximate surface area is 140 Å². The monoisotopic (exact) mass is 347 g/mol. The van der Waals surface area contributed by atoms with Gasteiger partial charge in [-0.3, -0.25) is 14.4 Å². The minimum atomic E-state index is -1.06. The largest absolute Gasteiger partial charge is 0.481 e. The zero-order valence-corrected chi connectivity index (χ0v) is 13.8. The summed E-state index contributed by atoms with van der Waals surface area (Å²) in [7, 11) is 0. The standard InChI is InChI=1S/C15H25NO8/c1-2-23-15(22)16-9-4-10-24-13(19)6-3-5-11(14(20)21)7-8-12(17)18/h11H,2-10H2,1H3,(H,16,22)(H,17,18)(H,20,21). The smallest absolute Gasteiger partial charge is 0.407 e. The number of alkyl carbamates (subject to hydrolysis) is 1. The van der Waals surface area contributed by atoms with Crippen LogP contribution in [0.15, 0.2) is 0 Å². The van der Waals surface area contributed by atoms with Gasteiger partial charge in [0.15, 0.2) is 0 Å². The Morgan fingerprint density at radius 2 is 1.71 bits per heavy atom. The number of carbonyl (C=O) groups is 4. The summed E-state index contributed by atoms with van der Waals surface area (Å²) >= 11 is 0. The van der Waals surface area contributed by atoms with Crippen molar-refractivity contribution in [2.24, 2.45) is 5.92 Å². The topological polar surface area (TPSA) is 139 Å². The number of amides is 1. The number of hydrogen-bond donors (Lipinski definition) is 3. The van der Waals surface area contributed by atoms with Gasteiger partial charge in [0.05, 0.1) is 19.1 Å². The Kier molecular flexibility index (Phi) is 11.9. The van der Waals surface area contributed by atoms with Crippen LogP contribution in [0.5, 0.6) is 0 Å². The summed E-state index contributed by atoms with van der Waals surface area (Å²) in [5.41, 5.74) is 0. The van der Waals surface area contributed by atoms with E-state index >= 15 is 0 Å². The maximum Gasteiger partial charge on any atom is 0.407 e. The predicted molar refractivity (Wildman–Crippen MR) is 82.4 cm³/mol. The molecule has 0 rings (SSSR count). The number of carboxylic acids is 2. The normalized spacial score (nSPS) is 11.4. The maximum absolute atomic E-state index is 11.5. The molecule has 0 spiro atoms. The van der Waals surface area contributed by atoms with Crippen molar-refractivity contribution in [1.29, 1.82) is 0 Å². The van der Waals surface area contributed by atoms with Crippen molar-refractivity contribution in [1.82, 2.24) is 5.32 Å². The van der Waals surface area contributed by atoms with Crippen LogP contribution in [0.25, 0.3) is 0 Å². The third-order valence-electron chi connectivity index (χ3n) is 3.12. The minimum absolute atomic E-state index is 0.0409. The number of nitrogens with one attached hydrogen (secondary N) is 1. The molecule has 0 saturated heterocycles. The molecule has 0 radical (unpaired) electrons. The van der Waals surface area contributed by atoms with Crippen LogP contribution in [0, 0.1) is 5.92 Å². The summed E-state index contributed by atoms with van der Waals surface area (Å²) < 4.78 is 9.61. The summed E-state index contributed by atoms with van der Waals surface area (Å²) in [6.07, 6.45) is 0.361. The third kappa shape index (κ3) is 12.2. The fourth-order valence-corrected chi connectivity index (χ4v) is 1.88. The van der Waals surface area contributed by atoms with Gasteiger partial charge in [0.1, 0.15) is 0 Å². The lowest BCUT2D eigenvalue weighted by atomic mass is 9.97. The van der Waals surface area contributed by atoms with E-state index in [0.29, 0.717) is 19.4 Å². The van der Waals surface area contributed by atoms with Crippen LogP contribution in [0.3, 0.4) is 0 Å². The lowest BCUT2D eigenvalue weighted by Crippen LogP contribution is -2.26. The molecule has 0 aromatic carbocycles. The first-order valence-electron chi connectivity index (χ1n) is 7.87. The molecule has 0 heterocycles. The molecule has 24 heavy (non-hydrogen) atoms. The molecule has 1 unspecified atom stereocenters. The first-order chi connectivity index (χ1) is 11.4. The van der Waals surface area contributed by atoms with Crippen LogP contribution < -0.4 is 5.32 Å². The summed E-state index contributed by atoms with van der Waals surface area (Å²) in [6.45, 7) is 2.44. The molecule has 1 atom stereocenters. The van der Waals surface area contributed by atoms with Gasteiger partial charge >= 0.3 is 24.0 Å². The number of ether oxygens (including phenoxy) is 2. The van der Waals surface area contributed by atoms with Crippen molar-refractivity contribution in [2.75, 3.05) is 19.8 Å². The molecular weight excluding hydrogens is 322 g/mol. The predicted octanol–water partition coefficient (Wildman–Crippen LogP) is 1.40. The molecule has 0 aromatic rings. The van der Waals surface area contributed by atoms with Crippen molar-refractivity contribution in [3.05, 3.63) is 0 Å². The second-order valence-corrected chi connectivity index (χ2v) is 5.08. The van der Waals surface area contributed by atoms with Gasteiger partial charge in [-0.1, -0.05) is 0 Å². The summed E-state index contributed by atoms with van der Waals surface area (Å²) in [6, 6.07) is 0. The zero-order valence-electron chi connectivity index (χ0n) is 13.8. The SMILES string of the molecule is CCOC(=O)NCCCOC(=O)CCCC(CCC(=O)O)C(=O)O. The average molecular weight is 347 g/mol. The van der Waals surface area contributed by atoms with Crippen molar-refractivity contribution >= 4 is 24.0 Å². The molecular formula is C15H25NO8. The average Bonchev–Trinajstić information content (AvgIpc) is 2.49. The van der Waals surface area contributed by atoms with Crippen molar-refractivity contribution in [2.45, 2.75) is 45.4 Å². The van der Waals surface area contributed by atoms with Crippen molar-refractivity contribution < 1.29 is 38.9 Å². The number of aliphatic carboxylic acids is 2. The first-order valence-corrected chi connectivity index (χ1v) is 7.87. The molecule has 0 saturated carbocycles. The van der Waals surface area contributed by atoms with E-state index in [9.17, 15) is 19.2 Å². The van der Waals surface area contributed by atoms with Crippen molar-refractivity contribution in [3.63, 3.8) is 0 Å². The van der Waals surface area contributed by atoms with E-state index in [0.717, 1.165) is 0 Å². The third-order valence-corrected chi connectivity index (χ3v) is 3.12. The zero-order chi connectivity index (χ0) is 18.4. The van der Waals surface area contributed by atoms with E-state index in [1.54, 1.807) is 6.92 Å². The molecule has 1 amide bonds. The van der Waals surface area contributed by atoms with Crippen molar-refractivity contribution in [3.8, 4) is 0 Å². The Balaban J connectivity index is 3.75. The minimum Gasteiger partial charge on any atom is -0.481 e. The van der Waals surface area contributed by atoms with Crippen LogP contribution >= 0.6 is 0 Å². The van der Waals surface area contributed by atoms with Crippen LogP contribution in [0.2, 0.25) is 0 Å². The van der Waals surface area contributed by atoms with Crippen LogP contribution in [0.1, 0.15) is 45.4 Å². The van der Waals surface area contributed by atoms with Crippen LogP contribution in [-0.2, 0) is 23.9 Å². The lowest BCUT2D eigenvalue weighted by Gasteiger charge is -2.10. The van der Waals surface area contributed by atoms with E-state index in [-0.39, 0.29) is 38.9 Å². The Morgan fingerprint density at radius 1 is 1.00 bits per heavy atom. The molecule has 0 fully saturated rings. The fraction of sp³-hybridized carbons (Fsp3) is 0.733. The first kappa shape index (κ1) is 21.7. The van der Waals surface area contributed by atoms with E-state index in [4.69, 9.17) is 14.9 Å². The van der Waals surface area contributed by atoms with Gasteiger partial charge in [-0.25, -0.2) is 4.79 Å². The highest BCUT2D eigenvalue weighted by Crippen LogP contribution is 2.15. The van der Waals surface area contributed by atoms with Gasteiger partial charge in [-0.15, -0.1) is 0 Å². The highest BCUT2D eigenvalue weighted by Gasteiger charge is 2.19. The second kappa shape index (κ2) is 13.1. The summed E-state index contributed by atoms with van der Waals surface area (Å²) in [4.78, 5) is 43.9. The van der Waals surface area contributed by atoms with Crippen LogP contribution in [-0.4, -0.2) is 54.0 Å². The molecule has 0 bridgehead atoms. The number of rotatable bonds is 13. The van der Waals surface area contributed by atoms with Gasteiger partial charge in [0, 0.05) is 19.4 Å². The molecule has 9 heteroatoms. The van der Waals surface area contributed by atoms with Gasteiger partial charge in [-0.05, 0) is 32.6 Å². The molecule has 0 aromatic heterocycles. The van der Waals surface area contributed by atoms with E-state index in [1.807, 2.05) is 0 Å². The van der Waals surface area contributed by atoms with E-state index in [2.05, 4.69) is 10.1 Å². The van der Waals surface area contributed by atoms with Gasteiger partial charge < -0.3 is 25.0 Å². The Bertz CT molecular complexity index is 424. The molecule has 138 valence electrons. The number of esters is 1. The summed E-state index contributed by atoms with van der Waals surface area (Å²) in [5.74, 6) is -3.33. The van der Waals surface area contributed by atoms with Gasteiger partial charge in [-0.2, -0.15) is 0 Å². The second-order valence-electron chi connectivity index (χ2n) is 5.08. The molecule has 0 aliphatic carbocycles. The molecule has 0 aliphatic heterocycles. The molecule has 9 nitrogen and oxygen atoms in total. The molecule has 0 aliphatic rings. The van der Waals surface area contributed by atoms with E-state index < -0.39 is 29.9 Å². The maximum atomic E-state index is 11.5. The van der Waals surface area contributed by atoms with Gasteiger partial charge in [0.2, 0.25) is 0 Å². The van der Waals surface area contributed by atoms with Crippen LogP contribution in [0.4, 0.5) is 4.79 Å². The summed E-state index contributed by atoms with van der Waals surface area (Å²) in [5, 5.41) is 20.0. The van der Waals surface area contributed by atoms with E-state index in [1.165, 1.54) is 0 Å². The highest BCUT2D eigenvalue weighted by molar-refractivity contribution is 5.72. The Morgan fingerprint density at radius 3 is 2.29 bits per heavy atom. The quantitative estimate of drug-likeness (QED) is 0.335. The van der Waals surface area contributed by atoms with Gasteiger partial charge in [0.25, 0.3) is 0 Å². The number of hydrogen-bond acceptors (Lipinski definition) is 6. The highest BCUT2D eigenvalue weighted by atomic mass is 16.5. The number of carbonyl (C=O) groups excluding carboxylic acids is 2. The fourth-order valence-electron chi connectivity index (χ4n) is 1.88.